The van der Waals surface area contributed by atoms with Gasteiger partial charge >= 0.3 is 0 Å². The highest BCUT2D eigenvalue weighted by atomic mass is 15.5. The molecular weight excluding hydrogens is 302 g/mol. The molecule has 124 valence electrons. The highest BCUT2D eigenvalue weighted by molar-refractivity contribution is 5.34. The van der Waals surface area contributed by atoms with E-state index in [1.165, 1.54) is 29.9 Å². The van der Waals surface area contributed by atoms with E-state index < -0.39 is 0 Å². The topological polar surface area (TPSA) is 73.5 Å². The smallest absolute Gasteiger partial charge is 0.143 e. The Hall–Kier alpha value is -2.54. The van der Waals surface area contributed by atoms with Gasteiger partial charge in [0.2, 0.25) is 0 Å². The first-order valence-electron chi connectivity index (χ1n) is 8.41. The fraction of sp³-hybridized carbons (Fsp3) is 0.412. The van der Waals surface area contributed by atoms with E-state index in [-0.39, 0.29) is 6.04 Å². The summed E-state index contributed by atoms with van der Waals surface area (Å²) in [6, 6.07) is 8.55. The maximum absolute atomic E-state index is 4.55. The molecule has 0 radical (unpaired) electrons. The first-order valence-corrected chi connectivity index (χ1v) is 8.41. The van der Waals surface area contributed by atoms with Crippen molar-refractivity contribution in [1.29, 1.82) is 0 Å². The minimum Gasteiger partial charge on any atom is -0.331 e. The fourth-order valence-electron chi connectivity index (χ4n) is 3.19. The first kappa shape index (κ1) is 15.0. The van der Waals surface area contributed by atoms with Crippen molar-refractivity contribution in [2.24, 2.45) is 0 Å². The van der Waals surface area contributed by atoms with E-state index in [4.69, 9.17) is 0 Å². The van der Waals surface area contributed by atoms with E-state index in [0.717, 1.165) is 25.2 Å². The number of nitrogens with zero attached hydrogens (tertiary/aromatic N) is 6. The molecule has 1 aliphatic rings. The Morgan fingerprint density at radius 2 is 2.08 bits per heavy atom. The predicted octanol–water partition coefficient (Wildman–Crippen LogP) is 2.05. The Morgan fingerprint density at radius 1 is 1.21 bits per heavy atom. The Morgan fingerprint density at radius 3 is 2.88 bits per heavy atom. The molecular formula is C17H21N7. The minimum atomic E-state index is 0.266. The lowest BCUT2D eigenvalue weighted by molar-refractivity contribution is 0.487. The number of nitrogens with one attached hydrogen (secondary N) is 1. The lowest BCUT2D eigenvalue weighted by Crippen LogP contribution is -2.21. The van der Waals surface area contributed by atoms with Crippen LogP contribution in [0.25, 0.3) is 5.69 Å². The van der Waals surface area contributed by atoms with Gasteiger partial charge in [0.25, 0.3) is 0 Å². The third-order valence-electron chi connectivity index (χ3n) is 4.65. The molecule has 1 aliphatic heterocycles. The van der Waals surface area contributed by atoms with Crippen LogP contribution in [-0.2, 0) is 19.5 Å². The van der Waals surface area contributed by atoms with Crippen LogP contribution in [0.4, 0.5) is 0 Å². The molecule has 2 aromatic heterocycles. The second kappa shape index (κ2) is 6.52. The Labute approximate surface area is 140 Å². The molecule has 0 amide bonds. The van der Waals surface area contributed by atoms with Gasteiger partial charge in [-0.2, -0.15) is 0 Å². The first-order chi connectivity index (χ1) is 11.8. The minimum absolute atomic E-state index is 0.266. The quantitative estimate of drug-likeness (QED) is 0.778. The number of fused-ring (bicyclic) bond motifs is 1. The van der Waals surface area contributed by atoms with E-state index in [0.29, 0.717) is 0 Å². The van der Waals surface area contributed by atoms with E-state index >= 15 is 0 Å². The van der Waals surface area contributed by atoms with E-state index in [1.54, 1.807) is 11.0 Å². The van der Waals surface area contributed by atoms with Crippen LogP contribution < -0.4 is 5.32 Å². The molecule has 7 heteroatoms. The number of aryl methyl sites for hydroxylation is 1. The van der Waals surface area contributed by atoms with Crippen molar-refractivity contribution in [3.63, 3.8) is 0 Å². The number of tetrazole rings is 1. The summed E-state index contributed by atoms with van der Waals surface area (Å²) in [5.41, 5.74) is 3.48. The molecule has 3 aromatic rings. The number of hydrogen-bond donors (Lipinski definition) is 1. The van der Waals surface area contributed by atoms with Crippen LogP contribution in [0.15, 0.2) is 36.8 Å². The van der Waals surface area contributed by atoms with Crippen LogP contribution in [-0.4, -0.2) is 29.8 Å². The van der Waals surface area contributed by atoms with Crippen molar-refractivity contribution in [3.05, 3.63) is 53.9 Å². The molecule has 0 saturated carbocycles. The van der Waals surface area contributed by atoms with Crippen molar-refractivity contribution in [2.75, 3.05) is 0 Å². The number of rotatable bonds is 5. The lowest BCUT2D eigenvalue weighted by Gasteiger charge is -2.19. The summed E-state index contributed by atoms with van der Waals surface area (Å²) in [6.45, 7) is 4.11. The second-order valence-corrected chi connectivity index (χ2v) is 6.22. The van der Waals surface area contributed by atoms with Crippen LogP contribution in [0.2, 0.25) is 0 Å². The summed E-state index contributed by atoms with van der Waals surface area (Å²) in [5.74, 6) is 1.23. The van der Waals surface area contributed by atoms with E-state index in [9.17, 15) is 0 Å². The summed E-state index contributed by atoms with van der Waals surface area (Å²) < 4.78 is 4.02. The third-order valence-corrected chi connectivity index (χ3v) is 4.65. The highest BCUT2D eigenvalue weighted by Crippen LogP contribution is 2.18. The molecule has 0 spiro atoms. The average molecular weight is 323 g/mol. The molecule has 0 saturated heterocycles. The highest BCUT2D eigenvalue weighted by Gasteiger charge is 2.14. The molecule has 1 N–H and O–H groups in total. The zero-order chi connectivity index (χ0) is 16.4. The van der Waals surface area contributed by atoms with Gasteiger partial charge in [0.15, 0.2) is 0 Å². The van der Waals surface area contributed by atoms with Crippen LogP contribution in [0.3, 0.4) is 0 Å². The Bertz CT molecular complexity index is 789. The van der Waals surface area contributed by atoms with Gasteiger partial charge in [-0.25, -0.2) is 9.67 Å². The summed E-state index contributed by atoms with van der Waals surface area (Å²) in [5, 5.41) is 14.8. The number of benzene rings is 1. The molecule has 24 heavy (non-hydrogen) atoms. The Balaban J connectivity index is 1.41. The zero-order valence-electron chi connectivity index (χ0n) is 13.8. The summed E-state index contributed by atoms with van der Waals surface area (Å²) >= 11 is 0. The molecule has 0 aliphatic carbocycles. The van der Waals surface area contributed by atoms with Crippen molar-refractivity contribution in [2.45, 2.75) is 45.3 Å². The molecule has 3 heterocycles. The monoisotopic (exact) mass is 323 g/mol. The van der Waals surface area contributed by atoms with Gasteiger partial charge in [0.05, 0.1) is 11.4 Å². The maximum Gasteiger partial charge on any atom is 0.143 e. The molecule has 4 rings (SSSR count). The maximum atomic E-state index is 4.55. The number of imidazole rings is 1. The largest absolute Gasteiger partial charge is 0.331 e. The van der Waals surface area contributed by atoms with Crippen molar-refractivity contribution >= 4 is 0 Å². The van der Waals surface area contributed by atoms with Gasteiger partial charge < -0.3 is 9.88 Å². The SMILES string of the molecule is C[C@H](NCc1cnc2n1CCCC2)c1ccc(-n2cnnn2)cc1. The number of aromatic nitrogens is 6. The number of hydrogen-bond acceptors (Lipinski definition) is 5. The van der Waals surface area contributed by atoms with Crippen LogP contribution >= 0.6 is 0 Å². The summed E-state index contributed by atoms with van der Waals surface area (Å²) in [4.78, 5) is 4.55. The van der Waals surface area contributed by atoms with Crippen molar-refractivity contribution in [1.82, 2.24) is 35.1 Å². The van der Waals surface area contributed by atoms with Crippen molar-refractivity contribution in [3.8, 4) is 5.69 Å². The standard InChI is InChI=1S/C17H21N7/c1-13(14-5-7-15(8-6-14)24-12-20-21-22-24)18-10-16-11-19-17-4-2-3-9-23(16)17/h5-8,11-13,18H,2-4,9-10H2,1H3/t13-/m0/s1. The van der Waals surface area contributed by atoms with Crippen LogP contribution in [0, 0.1) is 0 Å². The molecule has 0 fully saturated rings. The van der Waals surface area contributed by atoms with Gasteiger partial charge in [0.1, 0.15) is 12.2 Å². The van der Waals surface area contributed by atoms with Gasteiger partial charge in [-0.3, -0.25) is 0 Å². The Kier molecular flexibility index (Phi) is 4.08. The molecule has 0 bridgehead atoms. The van der Waals surface area contributed by atoms with Gasteiger partial charge in [-0.05, 0) is 47.9 Å². The molecule has 1 aromatic carbocycles. The van der Waals surface area contributed by atoms with Gasteiger partial charge in [0, 0.05) is 31.7 Å². The van der Waals surface area contributed by atoms with E-state index in [1.807, 2.05) is 18.3 Å². The molecule has 1 atom stereocenters. The van der Waals surface area contributed by atoms with Gasteiger partial charge in [-0.15, -0.1) is 5.10 Å². The second-order valence-electron chi connectivity index (χ2n) is 6.22. The summed E-state index contributed by atoms with van der Waals surface area (Å²) in [6.07, 6.45) is 7.23. The zero-order valence-corrected chi connectivity index (χ0v) is 13.8. The van der Waals surface area contributed by atoms with Crippen LogP contribution in [0.5, 0.6) is 0 Å². The average Bonchev–Trinajstić information content (AvgIpc) is 3.30. The van der Waals surface area contributed by atoms with Gasteiger partial charge in [-0.1, -0.05) is 12.1 Å². The van der Waals surface area contributed by atoms with Crippen LogP contribution in [0.1, 0.15) is 42.9 Å². The molecule has 7 nitrogen and oxygen atoms in total. The fourth-order valence-corrected chi connectivity index (χ4v) is 3.19. The lowest BCUT2D eigenvalue weighted by atomic mass is 10.1. The normalized spacial score (nSPS) is 15.2. The molecule has 0 unspecified atom stereocenters. The summed E-state index contributed by atoms with van der Waals surface area (Å²) in [7, 11) is 0. The predicted molar refractivity (Wildman–Crippen MR) is 89.6 cm³/mol. The third kappa shape index (κ3) is 2.94. The van der Waals surface area contributed by atoms with E-state index in [2.05, 4.69) is 49.4 Å². The van der Waals surface area contributed by atoms with Crippen molar-refractivity contribution < 1.29 is 0 Å².